The minimum Gasteiger partial charge on any atom is -0.303 e. The molecule has 0 saturated carbocycles. The molecule has 1 aromatic rings. The van der Waals surface area contributed by atoms with Gasteiger partial charge in [-0.1, -0.05) is 76.1 Å². The number of benzene rings is 1. The fourth-order valence-corrected chi connectivity index (χ4v) is 3.31. The molecule has 1 atom stereocenters. The average Bonchev–Trinajstić information content (AvgIpc) is 2.88. The van der Waals surface area contributed by atoms with Crippen LogP contribution in [0.3, 0.4) is 0 Å². The van der Waals surface area contributed by atoms with Crippen LogP contribution >= 0.6 is 11.8 Å². The molecule has 0 aliphatic carbocycles. The number of amides is 1. The van der Waals surface area contributed by atoms with Crippen molar-refractivity contribution in [3.63, 3.8) is 0 Å². The summed E-state index contributed by atoms with van der Waals surface area (Å²) in [6, 6.07) is 8.28. The summed E-state index contributed by atoms with van der Waals surface area (Å²) in [5.74, 6) is 0.581. The van der Waals surface area contributed by atoms with Gasteiger partial charge < -0.3 is 5.32 Å². The molecule has 1 amide bonds. The lowest BCUT2D eigenvalue weighted by Gasteiger charge is -2.04. The van der Waals surface area contributed by atoms with Gasteiger partial charge in [0.2, 0.25) is 5.91 Å². The Hall–Kier alpha value is -1.62. The first-order chi connectivity index (χ1) is 11.1. The van der Waals surface area contributed by atoms with Gasteiger partial charge in [-0.2, -0.15) is 5.10 Å². The van der Waals surface area contributed by atoms with Crippen molar-refractivity contribution in [1.82, 2.24) is 5.32 Å². The lowest BCUT2D eigenvalue weighted by atomic mass is 10.0. The quantitative estimate of drug-likeness (QED) is 0.460. The van der Waals surface area contributed by atoms with Crippen molar-refractivity contribution < 1.29 is 4.79 Å². The van der Waals surface area contributed by atoms with Crippen LogP contribution in [-0.2, 0) is 4.79 Å². The maximum absolute atomic E-state index is 11.8. The first kappa shape index (κ1) is 17.7. The maximum Gasteiger partial charge on any atom is 0.239 e. The van der Waals surface area contributed by atoms with E-state index in [1.165, 1.54) is 30.2 Å². The van der Waals surface area contributed by atoms with Gasteiger partial charge in [-0.25, -0.2) is 0 Å². The zero-order valence-corrected chi connectivity index (χ0v) is 14.9. The molecule has 5 heteroatoms. The second-order valence-corrected chi connectivity index (χ2v) is 7.25. The standard InChI is InChI=1S/C18H25N3OS/c1-4-5-6-7-16-17(22)20-18(23-16)21-19-12-14-8-10-15(11-9-14)13(2)3/h8-13,16H,4-7H2,1-3H3,(H,20,21,22)/b19-12-/t16-/m0/s1. The predicted octanol–water partition coefficient (Wildman–Crippen LogP) is 4.31. The highest BCUT2D eigenvalue weighted by molar-refractivity contribution is 8.15. The van der Waals surface area contributed by atoms with Crippen molar-refractivity contribution in [2.75, 3.05) is 0 Å². The van der Waals surface area contributed by atoms with Crippen molar-refractivity contribution in [3.05, 3.63) is 35.4 Å². The minimum absolute atomic E-state index is 0.0131. The molecule has 2 rings (SSSR count). The van der Waals surface area contributed by atoms with Crippen LogP contribution in [0.2, 0.25) is 0 Å². The zero-order chi connectivity index (χ0) is 16.7. The highest BCUT2D eigenvalue weighted by atomic mass is 32.2. The van der Waals surface area contributed by atoms with Gasteiger partial charge in [0.15, 0.2) is 5.17 Å². The summed E-state index contributed by atoms with van der Waals surface area (Å²) in [7, 11) is 0. The second kappa shape index (κ2) is 8.87. The SMILES string of the molecule is CCCCC[C@@H]1SC(=N/N=C\c2ccc(C(C)C)cc2)NC1=O. The number of amidine groups is 1. The molecule has 0 spiro atoms. The van der Waals surface area contributed by atoms with Gasteiger partial charge in [-0.15, -0.1) is 5.10 Å². The molecular formula is C18H25N3OS. The van der Waals surface area contributed by atoms with E-state index in [1.807, 2.05) is 12.1 Å². The molecule has 0 bridgehead atoms. The molecule has 0 unspecified atom stereocenters. The van der Waals surface area contributed by atoms with Crippen molar-refractivity contribution in [2.45, 2.75) is 57.6 Å². The third-order valence-electron chi connectivity index (χ3n) is 3.80. The largest absolute Gasteiger partial charge is 0.303 e. The Labute approximate surface area is 142 Å². The topological polar surface area (TPSA) is 53.8 Å². The number of carbonyl (C=O) groups excluding carboxylic acids is 1. The number of hydrogen-bond acceptors (Lipinski definition) is 4. The van der Waals surface area contributed by atoms with Crippen LogP contribution in [0.25, 0.3) is 0 Å². The first-order valence-corrected chi connectivity index (χ1v) is 9.16. The Bertz CT molecular complexity index is 578. The van der Waals surface area contributed by atoms with Gasteiger partial charge in [0.25, 0.3) is 0 Å². The summed E-state index contributed by atoms with van der Waals surface area (Å²) in [5, 5.41) is 11.6. The fraction of sp³-hybridized carbons (Fsp3) is 0.500. The average molecular weight is 331 g/mol. The lowest BCUT2D eigenvalue weighted by Crippen LogP contribution is -2.24. The van der Waals surface area contributed by atoms with E-state index in [4.69, 9.17) is 0 Å². The molecule has 1 aliphatic rings. The smallest absolute Gasteiger partial charge is 0.239 e. The van der Waals surface area contributed by atoms with Crippen LogP contribution in [0.4, 0.5) is 0 Å². The predicted molar refractivity (Wildman–Crippen MR) is 99.2 cm³/mol. The van der Waals surface area contributed by atoms with Crippen molar-refractivity contribution >= 4 is 29.1 Å². The molecule has 23 heavy (non-hydrogen) atoms. The third kappa shape index (κ3) is 5.50. The van der Waals surface area contributed by atoms with E-state index in [0.29, 0.717) is 11.1 Å². The van der Waals surface area contributed by atoms with Crippen LogP contribution in [-0.4, -0.2) is 22.5 Å². The van der Waals surface area contributed by atoms with E-state index in [-0.39, 0.29) is 11.2 Å². The number of carbonyl (C=O) groups is 1. The number of rotatable bonds is 7. The first-order valence-electron chi connectivity index (χ1n) is 8.28. The summed E-state index contributed by atoms with van der Waals surface area (Å²) < 4.78 is 0. The summed E-state index contributed by atoms with van der Waals surface area (Å²) in [6.07, 6.45) is 6.04. The third-order valence-corrected chi connectivity index (χ3v) is 4.95. The molecule has 1 heterocycles. The summed E-state index contributed by atoms with van der Waals surface area (Å²) in [6.45, 7) is 6.51. The fourth-order valence-electron chi connectivity index (χ4n) is 2.34. The Morgan fingerprint density at radius 1 is 1.26 bits per heavy atom. The van der Waals surface area contributed by atoms with Crippen LogP contribution in [0.1, 0.15) is 63.5 Å². The Morgan fingerprint density at radius 2 is 2.00 bits per heavy atom. The number of nitrogens with one attached hydrogen (secondary N) is 1. The molecule has 1 N–H and O–H groups in total. The highest BCUT2D eigenvalue weighted by Gasteiger charge is 2.29. The summed E-state index contributed by atoms with van der Waals surface area (Å²) >= 11 is 1.49. The van der Waals surface area contributed by atoms with Gasteiger partial charge in [-0.05, 0) is 23.5 Å². The number of nitrogens with zero attached hydrogens (tertiary/aromatic N) is 2. The summed E-state index contributed by atoms with van der Waals surface area (Å²) in [4.78, 5) is 11.8. The molecule has 1 aliphatic heterocycles. The summed E-state index contributed by atoms with van der Waals surface area (Å²) in [5.41, 5.74) is 2.31. The van der Waals surface area contributed by atoms with Gasteiger partial charge in [-0.3, -0.25) is 4.79 Å². The van der Waals surface area contributed by atoms with E-state index in [2.05, 4.69) is 48.4 Å². The Morgan fingerprint density at radius 3 is 2.65 bits per heavy atom. The Kier molecular flexibility index (Phi) is 6.84. The van der Waals surface area contributed by atoms with Crippen LogP contribution in [0.15, 0.2) is 34.5 Å². The number of unbranched alkanes of at least 4 members (excludes halogenated alkanes) is 2. The molecule has 0 radical (unpaired) electrons. The van der Waals surface area contributed by atoms with E-state index < -0.39 is 0 Å². The minimum atomic E-state index is -0.0131. The highest BCUT2D eigenvalue weighted by Crippen LogP contribution is 2.24. The number of thioether (sulfide) groups is 1. The van der Waals surface area contributed by atoms with E-state index in [0.717, 1.165) is 18.4 Å². The van der Waals surface area contributed by atoms with Gasteiger partial charge >= 0.3 is 0 Å². The molecular weight excluding hydrogens is 306 g/mol. The molecule has 1 fully saturated rings. The van der Waals surface area contributed by atoms with Crippen molar-refractivity contribution in [2.24, 2.45) is 10.2 Å². The molecule has 4 nitrogen and oxygen atoms in total. The van der Waals surface area contributed by atoms with Gasteiger partial charge in [0, 0.05) is 0 Å². The molecule has 124 valence electrons. The monoisotopic (exact) mass is 331 g/mol. The van der Waals surface area contributed by atoms with E-state index in [9.17, 15) is 4.79 Å². The van der Waals surface area contributed by atoms with E-state index in [1.54, 1.807) is 6.21 Å². The lowest BCUT2D eigenvalue weighted by molar-refractivity contribution is -0.118. The van der Waals surface area contributed by atoms with Crippen LogP contribution < -0.4 is 5.32 Å². The molecule has 0 aromatic heterocycles. The maximum atomic E-state index is 11.8. The normalized spacial score (nSPS) is 19.9. The zero-order valence-electron chi connectivity index (χ0n) is 14.1. The van der Waals surface area contributed by atoms with Crippen molar-refractivity contribution in [1.29, 1.82) is 0 Å². The second-order valence-electron chi connectivity index (χ2n) is 6.06. The Balaban J connectivity index is 1.88. The van der Waals surface area contributed by atoms with E-state index >= 15 is 0 Å². The van der Waals surface area contributed by atoms with Crippen molar-refractivity contribution in [3.8, 4) is 0 Å². The van der Waals surface area contributed by atoms with Gasteiger partial charge in [0.1, 0.15) is 0 Å². The van der Waals surface area contributed by atoms with Crippen LogP contribution in [0.5, 0.6) is 0 Å². The van der Waals surface area contributed by atoms with Gasteiger partial charge in [0.05, 0.1) is 11.5 Å². The number of hydrogen-bond donors (Lipinski definition) is 1. The molecule has 1 saturated heterocycles. The van der Waals surface area contributed by atoms with Crippen LogP contribution in [0, 0.1) is 0 Å². The molecule has 1 aromatic carbocycles.